The van der Waals surface area contributed by atoms with Gasteiger partial charge in [-0.1, -0.05) is 41.6 Å². The molecule has 1 unspecified atom stereocenters. The molecule has 19 heavy (non-hydrogen) atoms. The molecular weight excluding hydrogens is 306 g/mol. The Labute approximate surface area is 123 Å². The van der Waals surface area contributed by atoms with Gasteiger partial charge in [-0.05, 0) is 30.5 Å². The highest BCUT2D eigenvalue weighted by Crippen LogP contribution is 2.30. The van der Waals surface area contributed by atoms with Crippen molar-refractivity contribution in [3.05, 3.63) is 22.7 Å². The van der Waals surface area contributed by atoms with Gasteiger partial charge in [0, 0.05) is 11.0 Å². The van der Waals surface area contributed by atoms with Gasteiger partial charge in [0.15, 0.2) is 0 Å². The molecule has 1 aliphatic rings. The fourth-order valence-corrected chi connectivity index (χ4v) is 3.12. The van der Waals surface area contributed by atoms with Crippen LogP contribution in [-0.4, -0.2) is 24.9 Å². The van der Waals surface area contributed by atoms with Crippen molar-refractivity contribution in [2.75, 3.05) is 19.0 Å². The highest BCUT2D eigenvalue weighted by Gasteiger charge is 2.18. The number of nitrogens with one attached hydrogen (secondary N) is 1. The highest BCUT2D eigenvalue weighted by molar-refractivity contribution is 9.10. The van der Waals surface area contributed by atoms with Gasteiger partial charge in [0.25, 0.3) is 0 Å². The summed E-state index contributed by atoms with van der Waals surface area (Å²) in [7, 11) is 1.66. The van der Waals surface area contributed by atoms with Crippen LogP contribution in [0.1, 0.15) is 32.1 Å². The number of anilines is 1. The Morgan fingerprint density at radius 2 is 2.16 bits per heavy atom. The molecule has 2 N–H and O–H groups in total. The average molecular weight is 328 g/mol. The number of aliphatic hydroxyl groups excluding tert-OH is 1. The first-order chi connectivity index (χ1) is 9.19. The lowest BCUT2D eigenvalue weighted by molar-refractivity contribution is 0.155. The third-order valence-electron chi connectivity index (χ3n) is 3.77. The predicted molar refractivity (Wildman–Crippen MR) is 81.8 cm³/mol. The van der Waals surface area contributed by atoms with Crippen LogP contribution in [0, 0.1) is 5.92 Å². The number of hydrogen-bond donors (Lipinski definition) is 2. The van der Waals surface area contributed by atoms with E-state index in [-0.39, 0.29) is 6.10 Å². The van der Waals surface area contributed by atoms with Crippen LogP contribution in [0.15, 0.2) is 22.7 Å². The number of halogens is 1. The molecule has 4 heteroatoms. The molecule has 2 rings (SSSR count). The highest BCUT2D eigenvalue weighted by atomic mass is 79.9. The maximum atomic E-state index is 10.1. The summed E-state index contributed by atoms with van der Waals surface area (Å²) in [5.41, 5.74) is 0.919. The molecule has 0 radical (unpaired) electrons. The van der Waals surface area contributed by atoms with Crippen LogP contribution >= 0.6 is 15.9 Å². The third-order valence-corrected chi connectivity index (χ3v) is 4.26. The summed E-state index contributed by atoms with van der Waals surface area (Å²) >= 11 is 3.45. The van der Waals surface area contributed by atoms with E-state index in [2.05, 4.69) is 21.2 Å². The molecule has 0 heterocycles. The lowest BCUT2D eigenvalue weighted by atomic mass is 10.00. The molecule has 1 fully saturated rings. The number of benzene rings is 1. The smallest absolute Gasteiger partial charge is 0.142 e. The molecule has 1 saturated carbocycles. The van der Waals surface area contributed by atoms with Crippen molar-refractivity contribution in [3.63, 3.8) is 0 Å². The lowest BCUT2D eigenvalue weighted by Crippen LogP contribution is -2.22. The SMILES string of the molecule is COc1ccc(Br)cc1NCC(O)CC1CCCC1. The maximum Gasteiger partial charge on any atom is 0.142 e. The van der Waals surface area contributed by atoms with E-state index in [0.29, 0.717) is 12.5 Å². The minimum Gasteiger partial charge on any atom is -0.495 e. The first-order valence-electron chi connectivity index (χ1n) is 6.94. The van der Waals surface area contributed by atoms with Crippen molar-refractivity contribution in [2.24, 2.45) is 5.92 Å². The van der Waals surface area contributed by atoms with E-state index in [1.165, 1.54) is 25.7 Å². The first kappa shape index (κ1) is 14.7. The third kappa shape index (κ3) is 4.39. The number of rotatable bonds is 6. The van der Waals surface area contributed by atoms with Crippen LogP contribution < -0.4 is 10.1 Å². The molecule has 1 aliphatic carbocycles. The second-order valence-corrected chi connectivity index (χ2v) is 6.18. The van der Waals surface area contributed by atoms with Crippen LogP contribution in [-0.2, 0) is 0 Å². The van der Waals surface area contributed by atoms with E-state index in [9.17, 15) is 5.11 Å². The van der Waals surface area contributed by atoms with Gasteiger partial charge in [0.1, 0.15) is 5.75 Å². The van der Waals surface area contributed by atoms with E-state index in [4.69, 9.17) is 4.74 Å². The van der Waals surface area contributed by atoms with Crippen molar-refractivity contribution >= 4 is 21.6 Å². The van der Waals surface area contributed by atoms with Gasteiger partial charge in [-0.15, -0.1) is 0 Å². The van der Waals surface area contributed by atoms with E-state index < -0.39 is 0 Å². The first-order valence-corrected chi connectivity index (χ1v) is 7.74. The molecule has 0 aliphatic heterocycles. The normalized spacial score (nSPS) is 17.4. The summed E-state index contributed by atoms with van der Waals surface area (Å²) in [6.45, 7) is 0.573. The Morgan fingerprint density at radius 3 is 2.84 bits per heavy atom. The largest absolute Gasteiger partial charge is 0.495 e. The Balaban J connectivity index is 1.85. The zero-order valence-electron chi connectivity index (χ0n) is 11.4. The van der Waals surface area contributed by atoms with Crippen LogP contribution in [0.2, 0.25) is 0 Å². The molecule has 106 valence electrons. The van der Waals surface area contributed by atoms with Crippen molar-refractivity contribution in [3.8, 4) is 5.75 Å². The zero-order valence-corrected chi connectivity index (χ0v) is 12.9. The summed E-state index contributed by atoms with van der Waals surface area (Å²) in [4.78, 5) is 0. The van der Waals surface area contributed by atoms with Crippen molar-refractivity contribution in [1.82, 2.24) is 0 Å². The Kier molecular flexibility index (Phi) is 5.52. The average Bonchev–Trinajstić information content (AvgIpc) is 2.89. The number of ether oxygens (including phenoxy) is 1. The molecule has 0 spiro atoms. The Hall–Kier alpha value is -0.740. The molecular formula is C15H22BrNO2. The topological polar surface area (TPSA) is 41.5 Å². The summed E-state index contributed by atoms with van der Waals surface area (Å²) in [6, 6.07) is 5.83. The summed E-state index contributed by atoms with van der Waals surface area (Å²) in [5.74, 6) is 1.51. The van der Waals surface area contributed by atoms with Gasteiger partial charge >= 0.3 is 0 Å². The van der Waals surface area contributed by atoms with Crippen LogP contribution in [0.3, 0.4) is 0 Å². The van der Waals surface area contributed by atoms with E-state index >= 15 is 0 Å². The fraction of sp³-hybridized carbons (Fsp3) is 0.600. The molecule has 1 atom stereocenters. The van der Waals surface area contributed by atoms with Gasteiger partial charge in [-0.2, -0.15) is 0 Å². The lowest BCUT2D eigenvalue weighted by Gasteiger charge is -2.18. The molecule has 0 aromatic heterocycles. The van der Waals surface area contributed by atoms with Gasteiger partial charge < -0.3 is 15.2 Å². The number of aliphatic hydroxyl groups is 1. The summed E-state index contributed by atoms with van der Waals surface area (Å²) < 4.78 is 6.30. The van der Waals surface area contributed by atoms with Crippen LogP contribution in [0.25, 0.3) is 0 Å². The summed E-state index contributed by atoms with van der Waals surface area (Å²) in [5, 5.41) is 13.4. The molecule has 1 aromatic carbocycles. The Morgan fingerprint density at radius 1 is 1.42 bits per heavy atom. The second-order valence-electron chi connectivity index (χ2n) is 5.27. The zero-order chi connectivity index (χ0) is 13.7. The van der Waals surface area contributed by atoms with Crippen LogP contribution in [0.4, 0.5) is 5.69 Å². The Bertz CT molecular complexity index is 405. The van der Waals surface area contributed by atoms with Crippen LogP contribution in [0.5, 0.6) is 5.75 Å². The van der Waals surface area contributed by atoms with Gasteiger partial charge in [-0.25, -0.2) is 0 Å². The quantitative estimate of drug-likeness (QED) is 0.834. The molecule has 0 bridgehead atoms. The van der Waals surface area contributed by atoms with Crippen molar-refractivity contribution in [2.45, 2.75) is 38.2 Å². The number of hydrogen-bond acceptors (Lipinski definition) is 3. The van der Waals surface area contributed by atoms with Crippen molar-refractivity contribution < 1.29 is 9.84 Å². The molecule has 1 aromatic rings. The molecule has 3 nitrogen and oxygen atoms in total. The van der Waals surface area contributed by atoms with Gasteiger partial charge in [-0.3, -0.25) is 0 Å². The molecule has 0 amide bonds. The predicted octanol–water partition coefficient (Wildman–Crippen LogP) is 3.81. The summed E-state index contributed by atoms with van der Waals surface area (Å²) in [6.07, 6.45) is 5.82. The van der Waals surface area contributed by atoms with Crippen molar-refractivity contribution in [1.29, 1.82) is 0 Å². The van der Waals surface area contributed by atoms with Gasteiger partial charge in [0.05, 0.1) is 18.9 Å². The second kappa shape index (κ2) is 7.15. The number of methoxy groups -OCH3 is 1. The fourth-order valence-electron chi connectivity index (χ4n) is 2.76. The monoisotopic (exact) mass is 327 g/mol. The van der Waals surface area contributed by atoms with E-state index in [1.807, 2.05) is 18.2 Å². The van der Waals surface area contributed by atoms with E-state index in [1.54, 1.807) is 7.11 Å². The molecule has 0 saturated heterocycles. The maximum absolute atomic E-state index is 10.1. The van der Waals surface area contributed by atoms with Gasteiger partial charge in [0.2, 0.25) is 0 Å². The van der Waals surface area contributed by atoms with E-state index in [0.717, 1.165) is 22.3 Å². The minimum atomic E-state index is -0.285. The minimum absolute atomic E-state index is 0.285. The standard InChI is InChI=1S/C15H22BrNO2/c1-19-15-7-6-12(16)9-14(15)17-10-13(18)8-11-4-2-3-5-11/h6-7,9,11,13,17-18H,2-5,8,10H2,1H3.